The predicted molar refractivity (Wildman–Crippen MR) is 92.0 cm³/mol. The van der Waals surface area contributed by atoms with Gasteiger partial charge in [0, 0.05) is 29.3 Å². The molecular formula is C18H19N3O2. The van der Waals surface area contributed by atoms with Crippen LogP contribution < -0.4 is 15.4 Å². The van der Waals surface area contributed by atoms with Crippen molar-refractivity contribution < 1.29 is 9.53 Å². The number of aromatic amines is 1. The lowest BCUT2D eigenvalue weighted by molar-refractivity contribution is 0.252. The number of urea groups is 1. The minimum Gasteiger partial charge on any atom is -0.497 e. The van der Waals surface area contributed by atoms with Gasteiger partial charge in [0.15, 0.2) is 0 Å². The van der Waals surface area contributed by atoms with Gasteiger partial charge < -0.3 is 20.4 Å². The van der Waals surface area contributed by atoms with Crippen molar-refractivity contribution in [2.24, 2.45) is 0 Å². The lowest BCUT2D eigenvalue weighted by atomic mass is 10.1. The van der Waals surface area contributed by atoms with Gasteiger partial charge in [0.25, 0.3) is 0 Å². The number of aromatic nitrogens is 1. The minimum absolute atomic E-state index is 0.200. The summed E-state index contributed by atoms with van der Waals surface area (Å²) in [6.07, 6.45) is 2.72. The third-order valence-electron chi connectivity index (χ3n) is 3.69. The maximum atomic E-state index is 11.9. The first kappa shape index (κ1) is 15.0. The number of amides is 2. The number of carbonyl (C=O) groups is 1. The molecule has 118 valence electrons. The normalized spacial score (nSPS) is 10.5. The molecule has 0 unspecified atom stereocenters. The average molecular weight is 308 g/mol. The second-order valence-electron chi connectivity index (χ2n) is 5.22. The summed E-state index contributed by atoms with van der Waals surface area (Å²) in [5.41, 5.74) is 3.00. The molecule has 0 aliphatic rings. The van der Waals surface area contributed by atoms with Crippen molar-refractivity contribution in [1.82, 2.24) is 10.3 Å². The number of fused-ring (bicyclic) bond motifs is 1. The molecule has 0 aliphatic carbocycles. The molecule has 2 amide bonds. The first-order valence-electron chi connectivity index (χ1n) is 7.50. The molecule has 0 aliphatic heterocycles. The van der Waals surface area contributed by atoms with Crippen molar-refractivity contribution >= 4 is 22.6 Å². The second-order valence-corrected chi connectivity index (χ2v) is 5.22. The van der Waals surface area contributed by atoms with Crippen LogP contribution in [0.5, 0.6) is 5.75 Å². The zero-order valence-corrected chi connectivity index (χ0v) is 12.9. The van der Waals surface area contributed by atoms with Crippen LogP contribution in [0.15, 0.2) is 54.7 Å². The van der Waals surface area contributed by atoms with Gasteiger partial charge in [-0.25, -0.2) is 4.79 Å². The fraction of sp³-hybridized carbons (Fsp3) is 0.167. The maximum absolute atomic E-state index is 11.9. The van der Waals surface area contributed by atoms with Crippen LogP contribution in [0, 0.1) is 0 Å². The maximum Gasteiger partial charge on any atom is 0.319 e. The van der Waals surface area contributed by atoms with Crippen molar-refractivity contribution in [2.75, 3.05) is 19.0 Å². The Morgan fingerprint density at radius 1 is 1.17 bits per heavy atom. The molecular weight excluding hydrogens is 289 g/mol. The first-order chi connectivity index (χ1) is 11.3. The summed E-state index contributed by atoms with van der Waals surface area (Å²) >= 11 is 0. The monoisotopic (exact) mass is 308 g/mol. The SMILES string of the molecule is COc1ccc2[nH]cc(CCN[11C](=O)Nc3ccccc3)c2c1. The number of hydrogen-bond donors (Lipinski definition) is 3. The fourth-order valence-electron chi connectivity index (χ4n) is 2.50. The van der Waals surface area contributed by atoms with E-state index in [1.807, 2.05) is 54.7 Å². The molecule has 2 aromatic carbocycles. The van der Waals surface area contributed by atoms with Gasteiger partial charge in [0.2, 0.25) is 0 Å². The number of rotatable bonds is 5. The van der Waals surface area contributed by atoms with E-state index < -0.39 is 0 Å². The summed E-state index contributed by atoms with van der Waals surface area (Å²) in [5, 5.41) is 6.79. The van der Waals surface area contributed by atoms with Crippen molar-refractivity contribution in [2.45, 2.75) is 6.42 Å². The zero-order chi connectivity index (χ0) is 16.1. The van der Waals surface area contributed by atoms with Gasteiger partial charge in [-0.2, -0.15) is 0 Å². The van der Waals surface area contributed by atoms with Gasteiger partial charge in [-0.15, -0.1) is 0 Å². The predicted octanol–water partition coefficient (Wildman–Crippen LogP) is 3.54. The Morgan fingerprint density at radius 2 is 2.00 bits per heavy atom. The van der Waals surface area contributed by atoms with E-state index in [4.69, 9.17) is 4.74 Å². The van der Waals surface area contributed by atoms with Crippen LogP contribution in [0.1, 0.15) is 5.56 Å². The molecule has 5 heteroatoms. The van der Waals surface area contributed by atoms with Gasteiger partial charge in [-0.05, 0) is 42.3 Å². The van der Waals surface area contributed by atoms with Crippen molar-refractivity contribution in [3.05, 3.63) is 60.3 Å². The third kappa shape index (κ3) is 3.63. The van der Waals surface area contributed by atoms with Gasteiger partial charge in [-0.1, -0.05) is 18.2 Å². The van der Waals surface area contributed by atoms with E-state index in [9.17, 15) is 4.79 Å². The van der Waals surface area contributed by atoms with Crippen molar-refractivity contribution in [1.29, 1.82) is 0 Å². The smallest absolute Gasteiger partial charge is 0.319 e. The molecule has 0 spiro atoms. The molecule has 1 heterocycles. The highest BCUT2D eigenvalue weighted by atomic mass is 16.5. The number of methoxy groups -OCH3 is 1. The topological polar surface area (TPSA) is 66.1 Å². The van der Waals surface area contributed by atoms with Crippen LogP contribution in [-0.4, -0.2) is 24.7 Å². The molecule has 0 saturated heterocycles. The molecule has 23 heavy (non-hydrogen) atoms. The highest BCUT2D eigenvalue weighted by Gasteiger charge is 2.06. The molecule has 0 fully saturated rings. The van der Waals surface area contributed by atoms with Gasteiger partial charge in [0.05, 0.1) is 7.11 Å². The van der Waals surface area contributed by atoms with Crippen LogP contribution in [0.25, 0.3) is 10.9 Å². The molecule has 1 aromatic heterocycles. The van der Waals surface area contributed by atoms with Gasteiger partial charge >= 0.3 is 6.03 Å². The summed E-state index contributed by atoms with van der Waals surface area (Å²) in [6, 6.07) is 15.1. The van der Waals surface area contributed by atoms with Crippen LogP contribution in [0.3, 0.4) is 0 Å². The van der Waals surface area contributed by atoms with Crippen LogP contribution in [-0.2, 0) is 6.42 Å². The molecule has 0 atom stereocenters. The Hall–Kier alpha value is -2.95. The van der Waals surface area contributed by atoms with E-state index in [0.29, 0.717) is 6.54 Å². The number of carbonyl (C=O) groups excluding carboxylic acids is 1. The molecule has 0 radical (unpaired) electrons. The van der Waals surface area contributed by atoms with E-state index in [-0.39, 0.29) is 6.03 Å². The second kappa shape index (κ2) is 6.87. The van der Waals surface area contributed by atoms with E-state index in [1.54, 1.807) is 7.11 Å². The summed E-state index contributed by atoms with van der Waals surface area (Å²) in [6.45, 7) is 0.558. The Balaban J connectivity index is 1.57. The van der Waals surface area contributed by atoms with Crippen LogP contribution >= 0.6 is 0 Å². The highest BCUT2D eigenvalue weighted by molar-refractivity contribution is 5.89. The first-order valence-corrected chi connectivity index (χ1v) is 7.50. The van der Waals surface area contributed by atoms with Crippen molar-refractivity contribution in [3.63, 3.8) is 0 Å². The summed E-state index contributed by atoms with van der Waals surface area (Å²) in [4.78, 5) is 15.1. The highest BCUT2D eigenvalue weighted by Crippen LogP contribution is 2.23. The molecule has 3 N–H and O–H groups in total. The fourth-order valence-corrected chi connectivity index (χ4v) is 2.50. The lowest BCUT2D eigenvalue weighted by Gasteiger charge is -2.07. The zero-order valence-electron chi connectivity index (χ0n) is 12.9. The van der Waals surface area contributed by atoms with Crippen LogP contribution in [0.4, 0.5) is 10.5 Å². The van der Waals surface area contributed by atoms with Crippen molar-refractivity contribution in [3.8, 4) is 5.75 Å². The summed E-state index contributed by atoms with van der Waals surface area (Å²) in [5.74, 6) is 0.827. The molecule has 3 aromatic rings. The number of ether oxygens (including phenoxy) is 1. The number of benzene rings is 2. The number of anilines is 1. The van der Waals surface area contributed by atoms with E-state index >= 15 is 0 Å². The Bertz CT molecular complexity index is 796. The third-order valence-corrected chi connectivity index (χ3v) is 3.69. The standard InChI is InChI=1S/C18H19N3O2/c1-23-15-7-8-17-16(11-15)13(12-20-17)9-10-19-18(22)21-14-5-3-2-4-6-14/h2-8,11-12,20H,9-10H2,1H3,(H2,19,21,22)/i18-1. The van der Waals surface area contributed by atoms with E-state index in [1.165, 1.54) is 0 Å². The Labute approximate surface area is 134 Å². The minimum atomic E-state index is -0.200. The molecule has 0 saturated carbocycles. The van der Waals surface area contributed by atoms with E-state index in [2.05, 4.69) is 15.6 Å². The number of nitrogens with one attached hydrogen (secondary N) is 3. The van der Waals surface area contributed by atoms with Gasteiger partial charge in [0.1, 0.15) is 5.75 Å². The van der Waals surface area contributed by atoms with Crippen LogP contribution in [0.2, 0.25) is 0 Å². The van der Waals surface area contributed by atoms with Gasteiger partial charge in [-0.3, -0.25) is 0 Å². The summed E-state index contributed by atoms with van der Waals surface area (Å²) < 4.78 is 5.26. The molecule has 0 bridgehead atoms. The Kier molecular flexibility index (Phi) is 4.47. The Morgan fingerprint density at radius 3 is 2.78 bits per heavy atom. The number of hydrogen-bond acceptors (Lipinski definition) is 2. The molecule has 3 rings (SSSR count). The average Bonchev–Trinajstić information content (AvgIpc) is 2.98. The molecule has 5 nitrogen and oxygen atoms in total. The quantitative estimate of drug-likeness (QED) is 0.675. The van der Waals surface area contributed by atoms with E-state index in [0.717, 1.165) is 34.3 Å². The lowest BCUT2D eigenvalue weighted by Crippen LogP contribution is -2.30. The number of H-pyrrole nitrogens is 1. The largest absolute Gasteiger partial charge is 0.497 e. The summed E-state index contributed by atoms with van der Waals surface area (Å²) in [7, 11) is 1.66. The number of para-hydroxylation sites is 1.